The van der Waals surface area contributed by atoms with Gasteiger partial charge in [-0.1, -0.05) is 0 Å². The molecule has 0 aromatic carbocycles. The Morgan fingerprint density at radius 1 is 1.29 bits per heavy atom. The number of anilines is 1. The Hall–Kier alpha value is -1.16. The fourth-order valence-corrected chi connectivity index (χ4v) is 2.05. The van der Waals surface area contributed by atoms with E-state index in [2.05, 4.69) is 14.9 Å². The van der Waals surface area contributed by atoms with E-state index < -0.39 is 0 Å². The minimum atomic E-state index is 0.451. The van der Waals surface area contributed by atoms with Crippen molar-refractivity contribution in [1.29, 1.82) is 0 Å². The number of nitrogens with zero attached hydrogens (tertiary/aromatic N) is 3. The highest BCUT2D eigenvalue weighted by Gasteiger charge is 2.49. The quantitative estimate of drug-likeness (QED) is 0.652. The molecule has 1 spiro atoms. The van der Waals surface area contributed by atoms with Gasteiger partial charge in [-0.25, -0.2) is 4.98 Å². The van der Waals surface area contributed by atoms with Crippen LogP contribution in [0.5, 0.6) is 0 Å². The van der Waals surface area contributed by atoms with Crippen LogP contribution in [0.15, 0.2) is 12.4 Å². The Morgan fingerprint density at radius 3 is 2.57 bits per heavy atom. The molecule has 0 atom stereocenters. The summed E-state index contributed by atoms with van der Waals surface area (Å²) in [5, 5.41) is 0. The Morgan fingerprint density at radius 2 is 2.07 bits per heavy atom. The highest BCUT2D eigenvalue weighted by Crippen LogP contribution is 2.39. The van der Waals surface area contributed by atoms with Crippen LogP contribution in [0.4, 0.5) is 5.82 Å². The lowest BCUT2D eigenvalue weighted by Gasteiger charge is -2.55. The molecule has 74 valence electrons. The van der Waals surface area contributed by atoms with Gasteiger partial charge < -0.3 is 9.64 Å². The second-order valence-electron chi connectivity index (χ2n) is 4.36. The van der Waals surface area contributed by atoms with Gasteiger partial charge in [-0.3, -0.25) is 4.98 Å². The summed E-state index contributed by atoms with van der Waals surface area (Å²) in [6.07, 6.45) is 3.67. The third kappa shape index (κ3) is 1.10. The molecule has 0 amide bonds. The molecule has 3 rings (SSSR count). The number of hydrogen-bond acceptors (Lipinski definition) is 4. The SMILES string of the molecule is Cc1cnc(N2CC3(COC3)C2)cn1. The zero-order chi connectivity index (χ0) is 9.60. The van der Waals surface area contributed by atoms with Gasteiger partial charge in [0.2, 0.25) is 0 Å². The Kier molecular flexibility index (Phi) is 1.56. The fraction of sp³-hybridized carbons (Fsp3) is 0.600. The molecule has 2 aliphatic heterocycles. The molecular weight excluding hydrogens is 178 g/mol. The molecule has 1 aromatic rings. The normalized spacial score (nSPS) is 23.1. The second kappa shape index (κ2) is 2.67. The maximum Gasteiger partial charge on any atom is 0.147 e. The van der Waals surface area contributed by atoms with Crippen LogP contribution >= 0.6 is 0 Å². The lowest BCUT2D eigenvalue weighted by Crippen LogP contribution is -2.66. The highest BCUT2D eigenvalue weighted by molar-refractivity contribution is 5.41. The first-order chi connectivity index (χ1) is 6.77. The molecule has 4 heteroatoms. The van der Waals surface area contributed by atoms with Gasteiger partial charge in [0, 0.05) is 13.1 Å². The van der Waals surface area contributed by atoms with E-state index in [1.165, 1.54) is 0 Å². The molecule has 0 radical (unpaired) electrons. The summed E-state index contributed by atoms with van der Waals surface area (Å²) >= 11 is 0. The zero-order valence-corrected chi connectivity index (χ0v) is 8.23. The average Bonchev–Trinajstić information content (AvgIpc) is 2.03. The highest BCUT2D eigenvalue weighted by atomic mass is 16.5. The van der Waals surface area contributed by atoms with E-state index in [4.69, 9.17) is 4.74 Å². The molecule has 0 unspecified atom stereocenters. The van der Waals surface area contributed by atoms with Crippen molar-refractivity contribution >= 4 is 5.82 Å². The van der Waals surface area contributed by atoms with Gasteiger partial charge in [0.1, 0.15) is 5.82 Å². The van der Waals surface area contributed by atoms with E-state index in [1.807, 2.05) is 19.3 Å². The molecule has 0 aliphatic carbocycles. The van der Waals surface area contributed by atoms with Crippen LogP contribution in [-0.2, 0) is 4.74 Å². The summed E-state index contributed by atoms with van der Waals surface area (Å²) in [5.41, 5.74) is 1.42. The lowest BCUT2D eigenvalue weighted by atomic mass is 9.78. The number of ether oxygens (including phenoxy) is 1. The number of aryl methyl sites for hydroxylation is 1. The molecule has 2 aliphatic rings. The summed E-state index contributed by atoms with van der Waals surface area (Å²) in [5.74, 6) is 0.994. The summed E-state index contributed by atoms with van der Waals surface area (Å²) < 4.78 is 5.22. The topological polar surface area (TPSA) is 38.2 Å². The molecule has 2 saturated heterocycles. The van der Waals surface area contributed by atoms with Crippen molar-refractivity contribution in [3.8, 4) is 0 Å². The Labute approximate surface area is 82.9 Å². The van der Waals surface area contributed by atoms with Gasteiger partial charge in [-0.15, -0.1) is 0 Å². The maximum atomic E-state index is 5.22. The van der Waals surface area contributed by atoms with Crippen molar-refractivity contribution in [2.45, 2.75) is 6.92 Å². The fourth-order valence-electron chi connectivity index (χ4n) is 2.05. The maximum absolute atomic E-state index is 5.22. The van der Waals surface area contributed by atoms with Gasteiger partial charge in [0.25, 0.3) is 0 Å². The largest absolute Gasteiger partial charge is 0.380 e. The van der Waals surface area contributed by atoms with Crippen molar-refractivity contribution in [2.24, 2.45) is 5.41 Å². The summed E-state index contributed by atoms with van der Waals surface area (Å²) in [7, 11) is 0. The first-order valence-electron chi connectivity index (χ1n) is 4.89. The monoisotopic (exact) mass is 191 g/mol. The zero-order valence-electron chi connectivity index (χ0n) is 8.23. The van der Waals surface area contributed by atoms with Crippen LogP contribution in [0.2, 0.25) is 0 Å². The molecular formula is C10H13N3O. The average molecular weight is 191 g/mol. The van der Waals surface area contributed by atoms with Crippen molar-refractivity contribution < 1.29 is 4.74 Å². The minimum Gasteiger partial charge on any atom is -0.380 e. The minimum absolute atomic E-state index is 0.451. The molecule has 3 heterocycles. The van der Waals surface area contributed by atoms with Crippen LogP contribution in [0.1, 0.15) is 5.69 Å². The first kappa shape index (κ1) is 8.17. The predicted molar refractivity (Wildman–Crippen MR) is 52.2 cm³/mol. The van der Waals surface area contributed by atoms with Crippen LogP contribution in [0.25, 0.3) is 0 Å². The van der Waals surface area contributed by atoms with Crippen molar-refractivity contribution in [3.05, 3.63) is 18.1 Å². The van der Waals surface area contributed by atoms with Crippen LogP contribution in [-0.4, -0.2) is 36.3 Å². The molecule has 2 fully saturated rings. The molecule has 1 aromatic heterocycles. The van der Waals surface area contributed by atoms with Crippen LogP contribution in [0.3, 0.4) is 0 Å². The molecule has 0 saturated carbocycles. The van der Waals surface area contributed by atoms with E-state index in [-0.39, 0.29) is 0 Å². The number of hydrogen-bond donors (Lipinski definition) is 0. The van der Waals surface area contributed by atoms with E-state index in [0.29, 0.717) is 5.41 Å². The summed E-state index contributed by atoms with van der Waals surface area (Å²) in [6.45, 7) is 5.94. The van der Waals surface area contributed by atoms with Gasteiger partial charge in [-0.2, -0.15) is 0 Å². The molecule has 14 heavy (non-hydrogen) atoms. The van der Waals surface area contributed by atoms with E-state index in [9.17, 15) is 0 Å². The van der Waals surface area contributed by atoms with Crippen LogP contribution in [0, 0.1) is 12.3 Å². The van der Waals surface area contributed by atoms with E-state index >= 15 is 0 Å². The van der Waals surface area contributed by atoms with E-state index in [1.54, 1.807) is 0 Å². The standard InChI is InChI=1S/C10H13N3O/c1-8-2-12-9(3-11-8)13-4-10(5-13)6-14-7-10/h2-3H,4-7H2,1H3. The summed E-state index contributed by atoms with van der Waals surface area (Å²) in [6, 6.07) is 0. The van der Waals surface area contributed by atoms with Gasteiger partial charge in [0.15, 0.2) is 0 Å². The number of rotatable bonds is 1. The van der Waals surface area contributed by atoms with Crippen molar-refractivity contribution in [2.75, 3.05) is 31.2 Å². The smallest absolute Gasteiger partial charge is 0.147 e. The van der Waals surface area contributed by atoms with Crippen molar-refractivity contribution in [1.82, 2.24) is 9.97 Å². The van der Waals surface area contributed by atoms with E-state index in [0.717, 1.165) is 37.8 Å². The third-order valence-corrected chi connectivity index (χ3v) is 2.96. The summed E-state index contributed by atoms with van der Waals surface area (Å²) in [4.78, 5) is 10.8. The van der Waals surface area contributed by atoms with Gasteiger partial charge in [0.05, 0.1) is 36.7 Å². The van der Waals surface area contributed by atoms with Gasteiger partial charge >= 0.3 is 0 Å². The number of aromatic nitrogens is 2. The second-order valence-corrected chi connectivity index (χ2v) is 4.36. The first-order valence-corrected chi connectivity index (χ1v) is 4.89. The van der Waals surface area contributed by atoms with Crippen molar-refractivity contribution in [3.63, 3.8) is 0 Å². The molecule has 4 nitrogen and oxygen atoms in total. The Bertz CT molecular complexity index is 337. The van der Waals surface area contributed by atoms with Gasteiger partial charge in [-0.05, 0) is 6.92 Å². The lowest BCUT2D eigenvalue weighted by molar-refractivity contribution is -0.127. The third-order valence-electron chi connectivity index (χ3n) is 2.96. The molecule has 0 N–H and O–H groups in total. The van der Waals surface area contributed by atoms with Crippen LogP contribution < -0.4 is 4.90 Å². The molecule has 0 bridgehead atoms. The Balaban J connectivity index is 1.70. The predicted octanol–water partition coefficient (Wildman–Crippen LogP) is 0.622.